The van der Waals surface area contributed by atoms with E-state index in [0.29, 0.717) is 4.75 Å². The van der Waals surface area contributed by atoms with E-state index in [1.54, 1.807) is 0 Å². The van der Waals surface area contributed by atoms with Gasteiger partial charge in [0.2, 0.25) is 0 Å². The minimum Gasteiger partial charge on any atom is -0.315 e. The topological polar surface area (TPSA) is 12.0 Å². The van der Waals surface area contributed by atoms with E-state index in [2.05, 4.69) is 37.2 Å². The van der Waals surface area contributed by atoms with Crippen LogP contribution in [0.3, 0.4) is 0 Å². The number of nitrogens with one attached hydrogen (secondary N) is 1. The van der Waals surface area contributed by atoms with Gasteiger partial charge >= 0.3 is 0 Å². The Morgan fingerprint density at radius 3 is 2.57 bits per heavy atom. The maximum absolute atomic E-state index is 3.64. The zero-order valence-electron chi connectivity index (χ0n) is 9.94. The summed E-state index contributed by atoms with van der Waals surface area (Å²) in [4.78, 5) is 0. The summed E-state index contributed by atoms with van der Waals surface area (Å²) in [6.07, 6.45) is 9.21. The van der Waals surface area contributed by atoms with Gasteiger partial charge < -0.3 is 5.32 Å². The zero-order chi connectivity index (χ0) is 10.4. The molecule has 0 heterocycles. The molecule has 1 fully saturated rings. The van der Waals surface area contributed by atoms with Crippen molar-refractivity contribution in [3.8, 4) is 0 Å². The normalized spacial score (nSPS) is 21.6. The van der Waals surface area contributed by atoms with E-state index in [9.17, 15) is 0 Å². The molecule has 0 saturated heterocycles. The molecule has 1 N–H and O–H groups in total. The lowest BCUT2D eigenvalue weighted by molar-refractivity contribution is 0.335. The van der Waals surface area contributed by atoms with Gasteiger partial charge in [-0.2, -0.15) is 11.8 Å². The van der Waals surface area contributed by atoms with E-state index in [0.717, 1.165) is 5.92 Å². The van der Waals surface area contributed by atoms with E-state index in [-0.39, 0.29) is 0 Å². The van der Waals surface area contributed by atoms with Crippen molar-refractivity contribution in [2.75, 3.05) is 19.3 Å². The molecule has 0 aromatic heterocycles. The minimum absolute atomic E-state index is 0.603. The van der Waals surface area contributed by atoms with Crippen molar-refractivity contribution in [3.05, 3.63) is 0 Å². The first-order valence-corrected chi connectivity index (χ1v) is 7.21. The van der Waals surface area contributed by atoms with Crippen LogP contribution in [-0.4, -0.2) is 24.1 Å². The van der Waals surface area contributed by atoms with E-state index in [4.69, 9.17) is 0 Å². The summed E-state index contributed by atoms with van der Waals surface area (Å²) >= 11 is 2.06. The van der Waals surface area contributed by atoms with Crippen LogP contribution in [0, 0.1) is 5.92 Å². The molecule has 1 unspecified atom stereocenters. The lowest BCUT2D eigenvalue weighted by Gasteiger charge is -2.40. The maximum Gasteiger partial charge on any atom is 0.0281 e. The fourth-order valence-corrected chi connectivity index (χ4v) is 3.11. The molecule has 1 atom stereocenters. The Morgan fingerprint density at radius 1 is 1.43 bits per heavy atom. The van der Waals surface area contributed by atoms with Crippen LogP contribution in [0.2, 0.25) is 0 Å². The van der Waals surface area contributed by atoms with Gasteiger partial charge in [0, 0.05) is 11.3 Å². The summed E-state index contributed by atoms with van der Waals surface area (Å²) in [5, 5.41) is 3.64. The van der Waals surface area contributed by atoms with Crippen molar-refractivity contribution in [2.24, 2.45) is 5.92 Å². The van der Waals surface area contributed by atoms with Gasteiger partial charge in [-0.1, -0.05) is 26.7 Å². The predicted molar refractivity (Wildman–Crippen MR) is 67.0 cm³/mol. The summed E-state index contributed by atoms with van der Waals surface area (Å²) in [7, 11) is 0. The van der Waals surface area contributed by atoms with Crippen molar-refractivity contribution in [1.82, 2.24) is 5.32 Å². The van der Waals surface area contributed by atoms with Crippen LogP contribution in [0.5, 0.6) is 0 Å². The number of hydrogen-bond acceptors (Lipinski definition) is 2. The Hall–Kier alpha value is 0.310. The summed E-state index contributed by atoms with van der Waals surface area (Å²) < 4.78 is 0.603. The largest absolute Gasteiger partial charge is 0.315 e. The molecule has 0 radical (unpaired) electrons. The molecule has 0 aromatic carbocycles. The zero-order valence-corrected chi connectivity index (χ0v) is 10.8. The quantitative estimate of drug-likeness (QED) is 0.699. The van der Waals surface area contributed by atoms with Gasteiger partial charge in [-0.05, 0) is 38.0 Å². The van der Waals surface area contributed by atoms with Crippen molar-refractivity contribution in [1.29, 1.82) is 0 Å². The van der Waals surface area contributed by atoms with Crippen LogP contribution in [0.25, 0.3) is 0 Å². The van der Waals surface area contributed by atoms with Crippen LogP contribution in [0.15, 0.2) is 0 Å². The van der Waals surface area contributed by atoms with E-state index >= 15 is 0 Å². The maximum atomic E-state index is 3.64. The molecule has 1 saturated carbocycles. The van der Waals surface area contributed by atoms with Gasteiger partial charge in [-0.25, -0.2) is 0 Å². The highest BCUT2D eigenvalue weighted by Crippen LogP contribution is 2.42. The second-order valence-electron chi connectivity index (χ2n) is 4.77. The average molecular weight is 215 g/mol. The van der Waals surface area contributed by atoms with Crippen LogP contribution in [0.1, 0.15) is 46.0 Å². The highest BCUT2D eigenvalue weighted by Gasteiger charge is 2.35. The highest BCUT2D eigenvalue weighted by molar-refractivity contribution is 8.00. The first kappa shape index (κ1) is 12.4. The smallest absolute Gasteiger partial charge is 0.0281 e. The molecule has 0 amide bonds. The molecule has 14 heavy (non-hydrogen) atoms. The Labute approximate surface area is 93.4 Å². The standard InChI is InChI=1S/C12H25NS/c1-4-6-11(2)9-13-10-12(14-3)7-5-8-12/h11,13H,4-10H2,1-3H3. The summed E-state index contributed by atoms with van der Waals surface area (Å²) in [6.45, 7) is 7.05. The summed E-state index contributed by atoms with van der Waals surface area (Å²) in [5.74, 6) is 0.846. The molecule has 0 aliphatic heterocycles. The molecule has 1 nitrogen and oxygen atoms in total. The summed E-state index contributed by atoms with van der Waals surface area (Å²) in [5.41, 5.74) is 0. The third-order valence-corrected chi connectivity index (χ3v) is 4.84. The Kier molecular flexibility index (Phi) is 5.32. The van der Waals surface area contributed by atoms with Crippen LogP contribution in [-0.2, 0) is 0 Å². The second kappa shape index (κ2) is 6.02. The fourth-order valence-electron chi connectivity index (χ4n) is 2.17. The van der Waals surface area contributed by atoms with Crippen LogP contribution < -0.4 is 5.32 Å². The molecule has 2 heteroatoms. The molecular formula is C12H25NS. The average Bonchev–Trinajstić information content (AvgIpc) is 2.10. The predicted octanol–water partition coefficient (Wildman–Crippen LogP) is 3.30. The van der Waals surface area contributed by atoms with Gasteiger partial charge in [0.15, 0.2) is 0 Å². The van der Waals surface area contributed by atoms with Gasteiger partial charge in [-0.15, -0.1) is 0 Å². The van der Waals surface area contributed by atoms with E-state index in [1.807, 2.05) is 0 Å². The van der Waals surface area contributed by atoms with Crippen molar-refractivity contribution < 1.29 is 0 Å². The van der Waals surface area contributed by atoms with Crippen molar-refractivity contribution >= 4 is 11.8 Å². The van der Waals surface area contributed by atoms with Crippen molar-refractivity contribution in [2.45, 2.75) is 50.7 Å². The second-order valence-corrected chi connectivity index (χ2v) is 6.04. The van der Waals surface area contributed by atoms with Gasteiger partial charge in [-0.3, -0.25) is 0 Å². The summed E-state index contributed by atoms with van der Waals surface area (Å²) in [6, 6.07) is 0. The Bertz CT molecular complexity index is 149. The lowest BCUT2D eigenvalue weighted by Crippen LogP contribution is -2.44. The van der Waals surface area contributed by atoms with Crippen LogP contribution >= 0.6 is 11.8 Å². The number of thioether (sulfide) groups is 1. The first-order chi connectivity index (χ1) is 6.72. The van der Waals surface area contributed by atoms with E-state index < -0.39 is 0 Å². The molecular weight excluding hydrogens is 190 g/mol. The third kappa shape index (κ3) is 3.47. The SMILES string of the molecule is CCCC(C)CNCC1(SC)CCC1. The number of rotatable bonds is 7. The van der Waals surface area contributed by atoms with Crippen LogP contribution in [0.4, 0.5) is 0 Å². The molecule has 1 aliphatic rings. The van der Waals surface area contributed by atoms with Gasteiger partial charge in [0.1, 0.15) is 0 Å². The van der Waals surface area contributed by atoms with Gasteiger partial charge in [0.25, 0.3) is 0 Å². The molecule has 0 bridgehead atoms. The first-order valence-electron chi connectivity index (χ1n) is 5.98. The monoisotopic (exact) mass is 215 g/mol. The third-order valence-electron chi connectivity index (χ3n) is 3.42. The molecule has 0 aromatic rings. The molecule has 1 aliphatic carbocycles. The fraction of sp³-hybridized carbons (Fsp3) is 1.00. The minimum atomic E-state index is 0.603. The number of hydrogen-bond donors (Lipinski definition) is 1. The molecule has 84 valence electrons. The molecule has 1 rings (SSSR count). The Balaban J connectivity index is 2.08. The highest BCUT2D eigenvalue weighted by atomic mass is 32.2. The van der Waals surface area contributed by atoms with E-state index in [1.165, 1.54) is 45.2 Å². The van der Waals surface area contributed by atoms with Crippen molar-refractivity contribution in [3.63, 3.8) is 0 Å². The van der Waals surface area contributed by atoms with Gasteiger partial charge in [0.05, 0.1) is 0 Å². The molecule has 0 spiro atoms. The lowest BCUT2D eigenvalue weighted by atomic mass is 9.84. The Morgan fingerprint density at radius 2 is 2.14 bits per heavy atom.